The molecule has 0 aromatic heterocycles. The lowest BCUT2D eigenvalue weighted by Crippen LogP contribution is -2.35. The standard InChI is InChI=1S/C16H12BrF2NO/c17-12-6-7-13(18)11(16(12)19)9-20-14-4-2-1-3-10(14)5-8-15(20)21/h1-4,6-7H,5,8-9H2. The number of carbonyl (C=O) groups is 1. The van der Waals surface area contributed by atoms with Crippen LogP contribution in [0.15, 0.2) is 40.9 Å². The molecule has 5 heteroatoms. The fourth-order valence-electron chi connectivity index (χ4n) is 2.54. The van der Waals surface area contributed by atoms with E-state index in [0.717, 1.165) is 11.3 Å². The largest absolute Gasteiger partial charge is 0.307 e. The Bertz CT molecular complexity index is 717. The molecule has 108 valence electrons. The minimum Gasteiger partial charge on any atom is -0.307 e. The molecule has 0 atom stereocenters. The van der Waals surface area contributed by atoms with Gasteiger partial charge in [-0.25, -0.2) is 8.78 Å². The molecule has 21 heavy (non-hydrogen) atoms. The van der Waals surface area contributed by atoms with Gasteiger partial charge in [0, 0.05) is 17.7 Å². The van der Waals surface area contributed by atoms with Crippen LogP contribution in [0.2, 0.25) is 0 Å². The number of hydrogen-bond acceptors (Lipinski definition) is 1. The smallest absolute Gasteiger partial charge is 0.227 e. The van der Waals surface area contributed by atoms with Crippen molar-refractivity contribution in [3.63, 3.8) is 0 Å². The second kappa shape index (κ2) is 5.56. The van der Waals surface area contributed by atoms with Crippen molar-refractivity contribution in [3.05, 3.63) is 63.6 Å². The van der Waals surface area contributed by atoms with E-state index in [1.54, 1.807) is 6.07 Å². The zero-order valence-electron chi connectivity index (χ0n) is 11.1. The fraction of sp³-hybridized carbons (Fsp3) is 0.188. The van der Waals surface area contributed by atoms with E-state index in [9.17, 15) is 13.6 Å². The third-order valence-corrected chi connectivity index (χ3v) is 4.26. The van der Waals surface area contributed by atoms with E-state index in [0.29, 0.717) is 12.8 Å². The van der Waals surface area contributed by atoms with Crippen LogP contribution in [0.25, 0.3) is 0 Å². The number of benzene rings is 2. The van der Waals surface area contributed by atoms with E-state index in [1.807, 2.05) is 18.2 Å². The number of fused-ring (bicyclic) bond motifs is 1. The SMILES string of the molecule is O=C1CCc2ccccc2N1Cc1c(F)ccc(Br)c1F. The predicted molar refractivity (Wildman–Crippen MR) is 80.0 cm³/mol. The molecule has 1 heterocycles. The maximum atomic E-state index is 14.1. The third-order valence-electron chi connectivity index (χ3n) is 3.65. The molecule has 0 unspecified atom stereocenters. The van der Waals surface area contributed by atoms with Gasteiger partial charge in [-0.3, -0.25) is 4.79 Å². The Kier molecular flexibility index (Phi) is 3.76. The molecule has 0 radical (unpaired) electrons. The number of para-hydroxylation sites is 1. The molecule has 0 saturated carbocycles. The minimum absolute atomic E-state index is 0.102. The molecule has 0 saturated heterocycles. The fourth-order valence-corrected chi connectivity index (χ4v) is 2.91. The first kappa shape index (κ1) is 14.2. The van der Waals surface area contributed by atoms with Crippen LogP contribution in [0.4, 0.5) is 14.5 Å². The highest BCUT2D eigenvalue weighted by Crippen LogP contribution is 2.31. The Morgan fingerprint density at radius 2 is 1.86 bits per heavy atom. The molecule has 0 fully saturated rings. The van der Waals surface area contributed by atoms with Crippen molar-refractivity contribution in [1.82, 2.24) is 0 Å². The molecule has 0 aliphatic carbocycles. The van der Waals surface area contributed by atoms with Crippen LogP contribution < -0.4 is 4.90 Å². The predicted octanol–water partition coefficient (Wildman–Crippen LogP) is 4.21. The second-order valence-corrected chi connectivity index (χ2v) is 5.78. The Morgan fingerprint density at radius 3 is 2.67 bits per heavy atom. The van der Waals surface area contributed by atoms with Crippen LogP contribution >= 0.6 is 15.9 Å². The van der Waals surface area contributed by atoms with Crippen LogP contribution in [0.5, 0.6) is 0 Å². The quantitative estimate of drug-likeness (QED) is 0.742. The zero-order valence-corrected chi connectivity index (χ0v) is 12.7. The van der Waals surface area contributed by atoms with Crippen molar-refractivity contribution in [2.45, 2.75) is 19.4 Å². The van der Waals surface area contributed by atoms with E-state index in [1.165, 1.54) is 17.0 Å². The van der Waals surface area contributed by atoms with Gasteiger partial charge in [0.1, 0.15) is 11.6 Å². The van der Waals surface area contributed by atoms with Gasteiger partial charge in [0.15, 0.2) is 0 Å². The normalized spacial score (nSPS) is 14.2. The molecule has 2 aromatic carbocycles. The average Bonchev–Trinajstić information content (AvgIpc) is 2.49. The first-order chi connectivity index (χ1) is 10.1. The number of amides is 1. The van der Waals surface area contributed by atoms with Crippen molar-refractivity contribution in [1.29, 1.82) is 0 Å². The van der Waals surface area contributed by atoms with E-state index >= 15 is 0 Å². The van der Waals surface area contributed by atoms with Gasteiger partial charge in [-0.2, -0.15) is 0 Å². The molecule has 1 aliphatic rings. The number of aryl methyl sites for hydroxylation is 1. The van der Waals surface area contributed by atoms with Crippen molar-refractivity contribution >= 4 is 27.5 Å². The monoisotopic (exact) mass is 351 g/mol. The van der Waals surface area contributed by atoms with E-state index in [-0.39, 0.29) is 22.5 Å². The van der Waals surface area contributed by atoms with Gasteiger partial charge in [-0.15, -0.1) is 0 Å². The summed E-state index contributed by atoms with van der Waals surface area (Å²) in [6.45, 7) is -0.104. The maximum Gasteiger partial charge on any atom is 0.227 e. The molecular formula is C16H12BrF2NO. The number of hydrogen-bond donors (Lipinski definition) is 0. The molecule has 0 bridgehead atoms. The highest BCUT2D eigenvalue weighted by atomic mass is 79.9. The van der Waals surface area contributed by atoms with Crippen molar-refractivity contribution in [2.24, 2.45) is 0 Å². The molecular weight excluding hydrogens is 340 g/mol. The summed E-state index contributed by atoms with van der Waals surface area (Å²) in [5.41, 5.74) is 1.65. The van der Waals surface area contributed by atoms with Crippen LogP contribution in [0, 0.1) is 11.6 Å². The molecule has 0 spiro atoms. The Hall–Kier alpha value is -1.75. The molecule has 2 nitrogen and oxygen atoms in total. The molecule has 3 rings (SSSR count). The van der Waals surface area contributed by atoms with Gasteiger partial charge in [-0.05, 0) is 46.1 Å². The van der Waals surface area contributed by atoms with Gasteiger partial charge < -0.3 is 4.90 Å². The van der Waals surface area contributed by atoms with Gasteiger partial charge in [0.2, 0.25) is 5.91 Å². The molecule has 1 aliphatic heterocycles. The minimum atomic E-state index is -0.661. The number of carbonyl (C=O) groups excluding carboxylic acids is 1. The second-order valence-electron chi connectivity index (χ2n) is 4.93. The Balaban J connectivity index is 2.02. The van der Waals surface area contributed by atoms with Crippen molar-refractivity contribution in [2.75, 3.05) is 4.90 Å². The average molecular weight is 352 g/mol. The summed E-state index contributed by atoms with van der Waals surface area (Å²) in [5, 5.41) is 0. The van der Waals surface area contributed by atoms with Crippen LogP contribution in [-0.4, -0.2) is 5.91 Å². The van der Waals surface area contributed by atoms with Crippen LogP contribution in [-0.2, 0) is 17.8 Å². The first-order valence-corrected chi connectivity index (χ1v) is 7.38. The zero-order chi connectivity index (χ0) is 15.0. The lowest BCUT2D eigenvalue weighted by molar-refractivity contribution is -0.119. The first-order valence-electron chi connectivity index (χ1n) is 6.58. The highest BCUT2D eigenvalue weighted by Gasteiger charge is 2.26. The highest BCUT2D eigenvalue weighted by molar-refractivity contribution is 9.10. The number of halogens is 3. The summed E-state index contributed by atoms with van der Waals surface area (Å²) in [4.78, 5) is 13.6. The van der Waals surface area contributed by atoms with Gasteiger partial charge in [0.05, 0.1) is 11.0 Å². The summed E-state index contributed by atoms with van der Waals surface area (Å²) in [5.74, 6) is -1.43. The maximum absolute atomic E-state index is 14.1. The summed E-state index contributed by atoms with van der Waals surface area (Å²) in [7, 11) is 0. The van der Waals surface area contributed by atoms with Gasteiger partial charge in [0.25, 0.3) is 0 Å². The summed E-state index contributed by atoms with van der Waals surface area (Å²) < 4.78 is 28.2. The molecule has 2 aromatic rings. The van der Waals surface area contributed by atoms with Crippen LogP contribution in [0.1, 0.15) is 17.5 Å². The summed E-state index contributed by atoms with van der Waals surface area (Å²) >= 11 is 3.05. The summed E-state index contributed by atoms with van der Waals surface area (Å²) in [6, 6.07) is 9.97. The number of rotatable bonds is 2. The molecule has 0 N–H and O–H groups in total. The van der Waals surface area contributed by atoms with E-state index in [4.69, 9.17) is 0 Å². The lowest BCUT2D eigenvalue weighted by Gasteiger charge is -2.29. The van der Waals surface area contributed by atoms with Gasteiger partial charge in [-0.1, -0.05) is 18.2 Å². The topological polar surface area (TPSA) is 20.3 Å². The summed E-state index contributed by atoms with van der Waals surface area (Å²) in [6.07, 6.45) is 1.02. The number of nitrogens with zero attached hydrogens (tertiary/aromatic N) is 1. The Labute approximate surface area is 129 Å². The Morgan fingerprint density at radius 1 is 1.10 bits per heavy atom. The van der Waals surface area contributed by atoms with Crippen molar-refractivity contribution < 1.29 is 13.6 Å². The van der Waals surface area contributed by atoms with Gasteiger partial charge >= 0.3 is 0 Å². The number of anilines is 1. The van der Waals surface area contributed by atoms with E-state index in [2.05, 4.69) is 15.9 Å². The van der Waals surface area contributed by atoms with E-state index < -0.39 is 11.6 Å². The molecule has 1 amide bonds. The third kappa shape index (κ3) is 2.58. The van der Waals surface area contributed by atoms with Crippen molar-refractivity contribution in [3.8, 4) is 0 Å². The van der Waals surface area contributed by atoms with Crippen LogP contribution in [0.3, 0.4) is 0 Å². The lowest BCUT2D eigenvalue weighted by atomic mass is 10.0.